The molecule has 2 aromatic carbocycles. The van der Waals surface area contributed by atoms with Gasteiger partial charge in [0.2, 0.25) is 0 Å². The smallest absolute Gasteiger partial charge is 0.194 e. The molecule has 0 aliphatic rings. The number of carbonyl (C=O) groups is 1. The summed E-state index contributed by atoms with van der Waals surface area (Å²) in [6.45, 7) is 0. The van der Waals surface area contributed by atoms with Gasteiger partial charge in [-0.2, -0.15) is 0 Å². The zero-order valence-corrected chi connectivity index (χ0v) is 10.3. The molecule has 0 heterocycles. The monoisotopic (exact) mass is 260 g/mol. The lowest BCUT2D eigenvalue weighted by Crippen LogP contribution is -2.10. The Morgan fingerprint density at radius 3 is 2.29 bits per heavy atom. The van der Waals surface area contributed by atoms with Crippen molar-refractivity contribution in [3.63, 3.8) is 0 Å². The van der Waals surface area contributed by atoms with Gasteiger partial charge in [-0.3, -0.25) is 4.79 Å². The summed E-state index contributed by atoms with van der Waals surface area (Å²) in [5.41, 5.74) is 1.27. The molecule has 2 rings (SSSR count). The van der Waals surface area contributed by atoms with Crippen molar-refractivity contribution < 1.29 is 4.79 Å². The fourth-order valence-corrected chi connectivity index (χ4v) is 1.95. The van der Waals surface area contributed by atoms with E-state index in [1.165, 1.54) is 12.1 Å². The first kappa shape index (κ1) is 12.2. The molecule has 0 N–H and O–H groups in total. The van der Waals surface area contributed by atoms with Gasteiger partial charge < -0.3 is 0 Å². The normalized spacial score (nSPS) is 10.2. The lowest BCUT2D eigenvalue weighted by Gasteiger charge is -2.06. The Hall–Kier alpha value is -1.25. The van der Waals surface area contributed by atoms with E-state index in [1.54, 1.807) is 24.3 Å². The van der Waals surface area contributed by atoms with Crippen LogP contribution >= 0.6 is 23.2 Å². The first-order chi connectivity index (χ1) is 8.09. The van der Waals surface area contributed by atoms with Crippen molar-refractivity contribution in [2.24, 2.45) is 0 Å². The van der Waals surface area contributed by atoms with Gasteiger partial charge >= 0.3 is 0 Å². The van der Waals surface area contributed by atoms with Crippen LogP contribution in [-0.4, -0.2) is 13.6 Å². The summed E-state index contributed by atoms with van der Waals surface area (Å²) in [6.07, 6.45) is 0. The van der Waals surface area contributed by atoms with Gasteiger partial charge in [-0.25, -0.2) is 0 Å². The second-order valence-electron chi connectivity index (χ2n) is 3.55. The SMILES string of the molecule is [B]c1cc(C(=O)c2ccccc2)c(Cl)cc1Cl. The molecule has 0 aromatic heterocycles. The van der Waals surface area contributed by atoms with Crippen molar-refractivity contribution in [2.75, 3.05) is 0 Å². The third-order valence-corrected chi connectivity index (χ3v) is 3.01. The number of halogens is 2. The van der Waals surface area contributed by atoms with Crippen LogP contribution in [0.25, 0.3) is 0 Å². The van der Waals surface area contributed by atoms with Crippen molar-refractivity contribution in [1.82, 2.24) is 0 Å². The molecule has 2 radical (unpaired) electrons. The Morgan fingerprint density at radius 2 is 1.65 bits per heavy atom. The van der Waals surface area contributed by atoms with E-state index >= 15 is 0 Å². The fourth-order valence-electron chi connectivity index (χ4n) is 1.48. The number of rotatable bonds is 2. The summed E-state index contributed by atoms with van der Waals surface area (Å²) in [5, 5.41) is 0.651. The largest absolute Gasteiger partial charge is 0.289 e. The third-order valence-electron chi connectivity index (χ3n) is 2.37. The second-order valence-corrected chi connectivity index (χ2v) is 4.36. The predicted octanol–water partition coefficient (Wildman–Crippen LogP) is 3.02. The Balaban J connectivity index is 2.48. The zero-order valence-electron chi connectivity index (χ0n) is 8.78. The van der Waals surface area contributed by atoms with Crippen molar-refractivity contribution in [1.29, 1.82) is 0 Å². The Bertz CT molecular complexity index is 567. The van der Waals surface area contributed by atoms with Gasteiger partial charge in [0.1, 0.15) is 7.85 Å². The van der Waals surface area contributed by atoms with Gasteiger partial charge in [-0.15, -0.1) is 0 Å². The minimum absolute atomic E-state index is 0.168. The highest BCUT2D eigenvalue weighted by Crippen LogP contribution is 2.21. The molecule has 0 saturated carbocycles. The molecule has 82 valence electrons. The molecule has 0 fully saturated rings. The first-order valence-corrected chi connectivity index (χ1v) is 5.69. The number of ketones is 1. The molecular formula is C13H7BCl2O. The average Bonchev–Trinajstić information content (AvgIpc) is 2.34. The number of carbonyl (C=O) groups excluding carboxylic acids is 1. The van der Waals surface area contributed by atoms with Crippen LogP contribution in [0.2, 0.25) is 10.0 Å². The molecule has 2 aromatic rings. The molecule has 0 amide bonds. The molecule has 0 spiro atoms. The molecule has 4 heteroatoms. The maximum Gasteiger partial charge on any atom is 0.194 e. The van der Waals surface area contributed by atoms with Gasteiger partial charge in [0, 0.05) is 16.1 Å². The maximum absolute atomic E-state index is 12.1. The Kier molecular flexibility index (Phi) is 3.56. The van der Waals surface area contributed by atoms with Gasteiger partial charge in [-0.1, -0.05) is 65.1 Å². The van der Waals surface area contributed by atoms with E-state index in [1.807, 2.05) is 6.07 Å². The van der Waals surface area contributed by atoms with E-state index < -0.39 is 0 Å². The van der Waals surface area contributed by atoms with Gasteiger partial charge in [0.05, 0.1) is 5.02 Å². The van der Waals surface area contributed by atoms with Crippen LogP contribution in [0, 0.1) is 0 Å². The lowest BCUT2D eigenvalue weighted by molar-refractivity contribution is 0.103. The fraction of sp³-hybridized carbons (Fsp3) is 0. The highest BCUT2D eigenvalue weighted by Gasteiger charge is 2.13. The Labute approximate surface area is 111 Å². The average molecular weight is 261 g/mol. The Morgan fingerprint density at radius 1 is 1.00 bits per heavy atom. The molecule has 0 bridgehead atoms. The van der Waals surface area contributed by atoms with Crippen molar-refractivity contribution >= 4 is 42.3 Å². The third kappa shape index (κ3) is 2.54. The molecule has 0 aliphatic heterocycles. The molecular weight excluding hydrogens is 254 g/mol. The van der Waals surface area contributed by atoms with Crippen molar-refractivity contribution in [2.45, 2.75) is 0 Å². The summed E-state index contributed by atoms with van der Waals surface area (Å²) in [4.78, 5) is 12.1. The highest BCUT2D eigenvalue weighted by atomic mass is 35.5. The van der Waals surface area contributed by atoms with Crippen LogP contribution in [0.15, 0.2) is 42.5 Å². The maximum atomic E-state index is 12.1. The van der Waals surface area contributed by atoms with Crippen molar-refractivity contribution in [3.05, 3.63) is 63.6 Å². The minimum Gasteiger partial charge on any atom is -0.289 e. The molecule has 0 saturated heterocycles. The van der Waals surface area contributed by atoms with Crippen LogP contribution in [0.4, 0.5) is 0 Å². The highest BCUT2D eigenvalue weighted by molar-refractivity contribution is 6.47. The van der Waals surface area contributed by atoms with E-state index in [2.05, 4.69) is 0 Å². The van der Waals surface area contributed by atoms with Crippen LogP contribution in [0.5, 0.6) is 0 Å². The van der Waals surface area contributed by atoms with E-state index in [9.17, 15) is 4.79 Å². The van der Waals surface area contributed by atoms with Crippen LogP contribution < -0.4 is 5.46 Å². The summed E-state index contributed by atoms with van der Waals surface area (Å²) in [7, 11) is 5.66. The lowest BCUT2D eigenvalue weighted by atomic mass is 9.92. The first-order valence-electron chi connectivity index (χ1n) is 4.94. The van der Waals surface area contributed by atoms with Crippen LogP contribution in [-0.2, 0) is 0 Å². The second kappa shape index (κ2) is 4.95. The summed E-state index contributed by atoms with van der Waals surface area (Å²) >= 11 is 11.8. The molecule has 0 atom stereocenters. The quantitative estimate of drug-likeness (QED) is 0.599. The van der Waals surface area contributed by atoms with Gasteiger partial charge in [0.25, 0.3) is 0 Å². The molecule has 0 unspecified atom stereocenters. The predicted molar refractivity (Wildman–Crippen MR) is 71.7 cm³/mol. The minimum atomic E-state index is -0.168. The summed E-state index contributed by atoms with van der Waals surface area (Å²) in [5.74, 6) is -0.168. The molecule has 1 nitrogen and oxygen atoms in total. The van der Waals surface area contributed by atoms with E-state index in [-0.39, 0.29) is 5.78 Å². The number of benzene rings is 2. The van der Waals surface area contributed by atoms with Crippen molar-refractivity contribution in [3.8, 4) is 0 Å². The van der Waals surface area contributed by atoms with Gasteiger partial charge in [0.15, 0.2) is 5.78 Å². The number of hydrogen-bond acceptors (Lipinski definition) is 1. The van der Waals surface area contributed by atoms with Crippen LogP contribution in [0.3, 0.4) is 0 Å². The van der Waals surface area contributed by atoms with E-state index in [0.29, 0.717) is 26.6 Å². The van der Waals surface area contributed by atoms with Gasteiger partial charge in [-0.05, 0) is 6.07 Å². The number of hydrogen-bond donors (Lipinski definition) is 0. The zero-order chi connectivity index (χ0) is 12.4. The van der Waals surface area contributed by atoms with E-state index in [4.69, 9.17) is 31.0 Å². The van der Waals surface area contributed by atoms with Crippen LogP contribution in [0.1, 0.15) is 15.9 Å². The summed E-state index contributed by atoms with van der Waals surface area (Å²) in [6, 6.07) is 11.9. The standard InChI is InChI=1S/C13H7BCl2O/c14-10-6-9(11(15)7-12(10)16)13(17)8-4-2-1-3-5-8/h1-7H. The molecule has 0 aliphatic carbocycles. The van der Waals surface area contributed by atoms with E-state index in [0.717, 1.165) is 0 Å². The topological polar surface area (TPSA) is 17.1 Å². The molecule has 17 heavy (non-hydrogen) atoms. The summed E-state index contributed by atoms with van der Waals surface area (Å²) < 4.78 is 0.